The molecule has 0 heterocycles. The maximum absolute atomic E-state index is 12.1. The maximum Gasteiger partial charge on any atom is 0.273 e. The number of ketones is 1. The van der Waals surface area contributed by atoms with E-state index in [2.05, 4.69) is 5.32 Å². The standard InChI is InChI=1S/C18H18N2O5/c1-2-4-18(22)19-14-9-7-13(8-10-14)17(21)12-25-16-6-3-5-15(11-16)20(23)24/h3,5-11H,2,4,12H2,1H3,(H,19,22). The average molecular weight is 342 g/mol. The molecule has 0 spiro atoms. The van der Waals surface area contributed by atoms with Crippen LogP contribution in [0.15, 0.2) is 48.5 Å². The number of benzene rings is 2. The lowest BCUT2D eigenvalue weighted by atomic mass is 10.1. The Morgan fingerprint density at radius 3 is 2.52 bits per heavy atom. The van der Waals surface area contributed by atoms with Crippen LogP contribution in [0.4, 0.5) is 11.4 Å². The summed E-state index contributed by atoms with van der Waals surface area (Å²) < 4.78 is 5.32. The molecule has 0 atom stereocenters. The Morgan fingerprint density at radius 1 is 1.16 bits per heavy atom. The lowest BCUT2D eigenvalue weighted by Crippen LogP contribution is -2.13. The highest BCUT2D eigenvalue weighted by atomic mass is 16.6. The number of carbonyl (C=O) groups excluding carboxylic acids is 2. The largest absolute Gasteiger partial charge is 0.485 e. The summed E-state index contributed by atoms with van der Waals surface area (Å²) in [6.07, 6.45) is 1.20. The maximum atomic E-state index is 12.1. The van der Waals surface area contributed by atoms with Gasteiger partial charge in [-0.3, -0.25) is 19.7 Å². The van der Waals surface area contributed by atoms with Crippen molar-refractivity contribution in [3.05, 3.63) is 64.2 Å². The lowest BCUT2D eigenvalue weighted by Gasteiger charge is -2.07. The molecule has 130 valence electrons. The number of Topliss-reactive ketones (excluding diaryl/α,β-unsaturated/α-hetero) is 1. The fourth-order valence-electron chi connectivity index (χ4n) is 2.11. The zero-order valence-electron chi connectivity index (χ0n) is 13.7. The molecule has 0 unspecified atom stereocenters. The van der Waals surface area contributed by atoms with Crippen molar-refractivity contribution in [1.82, 2.24) is 0 Å². The Kier molecular flexibility index (Phi) is 6.22. The first-order chi connectivity index (χ1) is 12.0. The summed E-state index contributed by atoms with van der Waals surface area (Å²) in [5, 5.41) is 13.5. The number of non-ortho nitro benzene ring substituents is 1. The van der Waals surface area contributed by atoms with Gasteiger partial charge < -0.3 is 10.1 Å². The molecular formula is C18H18N2O5. The van der Waals surface area contributed by atoms with Crippen LogP contribution >= 0.6 is 0 Å². The first kappa shape index (κ1) is 18.1. The second-order valence-corrected chi connectivity index (χ2v) is 5.34. The number of anilines is 1. The van der Waals surface area contributed by atoms with Gasteiger partial charge in [-0.1, -0.05) is 13.0 Å². The molecule has 2 rings (SSSR count). The quantitative estimate of drug-likeness (QED) is 0.449. The predicted molar refractivity (Wildman–Crippen MR) is 92.9 cm³/mol. The van der Waals surface area contributed by atoms with Crippen molar-refractivity contribution in [2.75, 3.05) is 11.9 Å². The minimum Gasteiger partial charge on any atom is -0.485 e. The van der Waals surface area contributed by atoms with Crippen molar-refractivity contribution in [3.63, 3.8) is 0 Å². The summed E-state index contributed by atoms with van der Waals surface area (Å²) in [6, 6.07) is 12.1. The first-order valence-corrected chi connectivity index (χ1v) is 7.80. The van der Waals surface area contributed by atoms with E-state index in [1.807, 2.05) is 6.92 Å². The number of nitrogens with zero attached hydrogens (tertiary/aromatic N) is 1. The Bertz CT molecular complexity index is 771. The zero-order chi connectivity index (χ0) is 18.2. The predicted octanol–water partition coefficient (Wildman–Crippen LogP) is 3.60. The second kappa shape index (κ2) is 8.58. The molecule has 1 N–H and O–H groups in total. The van der Waals surface area contributed by atoms with E-state index in [9.17, 15) is 19.7 Å². The van der Waals surface area contributed by atoms with Gasteiger partial charge >= 0.3 is 0 Å². The van der Waals surface area contributed by atoms with Crippen molar-refractivity contribution >= 4 is 23.1 Å². The van der Waals surface area contributed by atoms with Crippen molar-refractivity contribution in [3.8, 4) is 5.75 Å². The minimum atomic E-state index is -0.528. The number of carbonyl (C=O) groups is 2. The number of amides is 1. The normalized spacial score (nSPS) is 10.1. The summed E-state index contributed by atoms with van der Waals surface area (Å²) in [7, 11) is 0. The van der Waals surface area contributed by atoms with Crippen LogP contribution < -0.4 is 10.1 Å². The van der Waals surface area contributed by atoms with Gasteiger partial charge in [-0.05, 0) is 36.8 Å². The number of hydrogen-bond donors (Lipinski definition) is 1. The van der Waals surface area contributed by atoms with Gasteiger partial charge in [-0.25, -0.2) is 0 Å². The number of nitro groups is 1. The van der Waals surface area contributed by atoms with Crippen molar-refractivity contribution in [2.24, 2.45) is 0 Å². The molecule has 0 aromatic heterocycles. The minimum absolute atomic E-state index is 0.0735. The molecule has 0 bridgehead atoms. The molecular weight excluding hydrogens is 324 g/mol. The number of hydrogen-bond acceptors (Lipinski definition) is 5. The third kappa shape index (κ3) is 5.42. The Balaban J connectivity index is 1.93. The van der Waals surface area contributed by atoms with Crippen molar-refractivity contribution in [1.29, 1.82) is 0 Å². The summed E-state index contributed by atoms with van der Waals surface area (Å²) in [5.74, 6) is -0.0838. The Morgan fingerprint density at radius 2 is 1.88 bits per heavy atom. The van der Waals surface area contributed by atoms with Crippen molar-refractivity contribution in [2.45, 2.75) is 19.8 Å². The van der Waals surface area contributed by atoms with E-state index in [0.29, 0.717) is 17.7 Å². The highest BCUT2D eigenvalue weighted by Gasteiger charge is 2.10. The van der Waals surface area contributed by atoms with Gasteiger partial charge in [0, 0.05) is 23.7 Å². The van der Waals surface area contributed by atoms with Crippen LogP contribution in [0.5, 0.6) is 5.75 Å². The summed E-state index contributed by atoms with van der Waals surface area (Å²) in [6.45, 7) is 1.69. The molecule has 0 saturated heterocycles. The smallest absolute Gasteiger partial charge is 0.273 e. The van der Waals surface area contributed by atoms with Crippen LogP contribution in [0, 0.1) is 10.1 Å². The molecule has 0 saturated carbocycles. The van der Waals surface area contributed by atoms with E-state index in [1.54, 1.807) is 30.3 Å². The van der Waals surface area contributed by atoms with Gasteiger partial charge in [0.2, 0.25) is 5.91 Å². The zero-order valence-corrected chi connectivity index (χ0v) is 13.7. The first-order valence-electron chi connectivity index (χ1n) is 7.80. The Hall–Kier alpha value is -3.22. The molecule has 0 aliphatic carbocycles. The number of ether oxygens (including phenoxy) is 1. The molecule has 0 radical (unpaired) electrons. The third-order valence-corrected chi connectivity index (χ3v) is 3.37. The number of nitrogens with one attached hydrogen (secondary N) is 1. The highest BCUT2D eigenvalue weighted by Crippen LogP contribution is 2.19. The van der Waals surface area contributed by atoms with Gasteiger partial charge in [0.15, 0.2) is 12.4 Å². The molecule has 25 heavy (non-hydrogen) atoms. The van der Waals surface area contributed by atoms with E-state index in [1.165, 1.54) is 18.2 Å². The van der Waals surface area contributed by atoms with Gasteiger partial charge in [0.25, 0.3) is 5.69 Å². The topological polar surface area (TPSA) is 98.5 Å². The fourth-order valence-corrected chi connectivity index (χ4v) is 2.11. The second-order valence-electron chi connectivity index (χ2n) is 5.34. The van der Waals surface area contributed by atoms with Crippen LogP contribution in [0.1, 0.15) is 30.1 Å². The van der Waals surface area contributed by atoms with Crippen LogP contribution in [0.25, 0.3) is 0 Å². The number of rotatable bonds is 8. The SMILES string of the molecule is CCCC(=O)Nc1ccc(C(=O)COc2cccc([N+](=O)[O-])c2)cc1. The molecule has 0 aliphatic heterocycles. The lowest BCUT2D eigenvalue weighted by molar-refractivity contribution is -0.384. The number of nitro benzene ring substituents is 1. The van der Waals surface area contributed by atoms with E-state index in [0.717, 1.165) is 6.42 Å². The van der Waals surface area contributed by atoms with E-state index >= 15 is 0 Å². The molecule has 1 amide bonds. The van der Waals surface area contributed by atoms with Crippen LogP contribution in [0.2, 0.25) is 0 Å². The fraction of sp³-hybridized carbons (Fsp3) is 0.222. The van der Waals surface area contributed by atoms with Crippen molar-refractivity contribution < 1.29 is 19.2 Å². The molecule has 0 fully saturated rings. The molecule has 0 aliphatic rings. The molecule has 2 aromatic rings. The van der Waals surface area contributed by atoms with Crippen LogP contribution in [-0.2, 0) is 4.79 Å². The summed E-state index contributed by atoms with van der Waals surface area (Å²) in [5.41, 5.74) is 0.950. The van der Waals surface area contributed by atoms with Gasteiger partial charge in [0.05, 0.1) is 11.0 Å². The van der Waals surface area contributed by atoms with E-state index < -0.39 is 4.92 Å². The molecule has 2 aromatic carbocycles. The Labute approximate surface area is 144 Å². The highest BCUT2D eigenvalue weighted by molar-refractivity contribution is 5.98. The van der Waals surface area contributed by atoms with E-state index in [-0.39, 0.29) is 29.7 Å². The van der Waals surface area contributed by atoms with E-state index in [4.69, 9.17) is 4.74 Å². The summed E-state index contributed by atoms with van der Waals surface area (Å²) in [4.78, 5) is 33.8. The van der Waals surface area contributed by atoms with Gasteiger partial charge in [0.1, 0.15) is 5.75 Å². The molecule has 7 heteroatoms. The summed E-state index contributed by atoms with van der Waals surface area (Å²) >= 11 is 0. The van der Waals surface area contributed by atoms with Crippen LogP contribution in [-0.4, -0.2) is 23.2 Å². The third-order valence-electron chi connectivity index (χ3n) is 3.37. The van der Waals surface area contributed by atoms with Crippen LogP contribution in [0.3, 0.4) is 0 Å². The molecule has 7 nitrogen and oxygen atoms in total. The average Bonchev–Trinajstić information content (AvgIpc) is 2.60. The monoisotopic (exact) mass is 342 g/mol. The van der Waals surface area contributed by atoms with Gasteiger partial charge in [-0.15, -0.1) is 0 Å². The van der Waals surface area contributed by atoms with Gasteiger partial charge in [-0.2, -0.15) is 0 Å².